The van der Waals surface area contributed by atoms with E-state index in [4.69, 9.17) is 4.74 Å². The summed E-state index contributed by atoms with van der Waals surface area (Å²) in [6, 6.07) is 8.84. The van der Waals surface area contributed by atoms with Crippen LogP contribution in [0.25, 0.3) is 10.9 Å². The molecule has 5 rings (SSSR count). The van der Waals surface area contributed by atoms with Crippen molar-refractivity contribution in [2.75, 3.05) is 5.32 Å². The zero-order valence-corrected chi connectivity index (χ0v) is 23.1. The van der Waals surface area contributed by atoms with Gasteiger partial charge in [0.25, 0.3) is 11.8 Å². The molecule has 1 aliphatic rings. The lowest BCUT2D eigenvalue weighted by atomic mass is 9.88. The molecule has 1 fully saturated rings. The van der Waals surface area contributed by atoms with E-state index in [1.807, 2.05) is 20.8 Å². The normalized spacial score (nSPS) is 14.9. The number of pyridine rings is 1. The van der Waals surface area contributed by atoms with Crippen LogP contribution in [0.2, 0.25) is 0 Å². The monoisotopic (exact) mass is 565 g/mol. The highest BCUT2D eigenvalue weighted by Crippen LogP contribution is 2.38. The Bertz CT molecular complexity index is 1640. The van der Waals surface area contributed by atoms with Crippen LogP contribution in [-0.2, 0) is 16.8 Å². The number of nitrogens with one attached hydrogen (secondary N) is 2. The van der Waals surface area contributed by atoms with Crippen molar-refractivity contribution < 1.29 is 27.5 Å². The quantitative estimate of drug-likeness (QED) is 0.281. The van der Waals surface area contributed by atoms with Gasteiger partial charge in [0.15, 0.2) is 0 Å². The van der Waals surface area contributed by atoms with Crippen molar-refractivity contribution in [3.8, 4) is 11.5 Å². The minimum Gasteiger partial charge on any atom is -0.456 e. The zero-order chi connectivity index (χ0) is 29.5. The summed E-state index contributed by atoms with van der Waals surface area (Å²) in [6.07, 6.45) is 3.84. The number of amides is 2. The van der Waals surface area contributed by atoms with Crippen LogP contribution in [0.5, 0.6) is 11.5 Å². The summed E-state index contributed by atoms with van der Waals surface area (Å²) < 4.78 is 49.4. The number of benzene rings is 2. The van der Waals surface area contributed by atoms with Crippen LogP contribution in [0, 0.1) is 12.7 Å². The Morgan fingerprint density at radius 1 is 1.12 bits per heavy atom. The van der Waals surface area contributed by atoms with E-state index < -0.39 is 23.7 Å². The van der Waals surface area contributed by atoms with E-state index in [0.29, 0.717) is 22.3 Å². The molecule has 0 spiro atoms. The van der Waals surface area contributed by atoms with E-state index in [2.05, 4.69) is 20.7 Å². The summed E-state index contributed by atoms with van der Waals surface area (Å²) in [4.78, 5) is 29.6. The standard InChI is InChI=1S/C30H30F3N5O3/c1-17-24(8-6-18(27(17)31)12-26(39)36-21-15-35-38(16-21)29(2,3)4)41-25-9-10-34-23-7-5-19(11-22(23)25)28(40)37-20-13-30(32,33)14-20/h5-11,15-16,20H,12-14H2,1-4H3,(H,36,39)(H,37,40). The van der Waals surface area contributed by atoms with Crippen LogP contribution >= 0.6 is 0 Å². The number of fused-ring (bicyclic) bond motifs is 1. The number of carbonyl (C=O) groups is 2. The van der Waals surface area contributed by atoms with Crippen LogP contribution in [0.3, 0.4) is 0 Å². The van der Waals surface area contributed by atoms with Crippen LogP contribution in [0.15, 0.2) is 55.0 Å². The van der Waals surface area contributed by atoms with Gasteiger partial charge in [-0.25, -0.2) is 13.2 Å². The topological polar surface area (TPSA) is 98.1 Å². The molecule has 1 aliphatic carbocycles. The highest BCUT2D eigenvalue weighted by Gasteiger charge is 2.46. The Morgan fingerprint density at radius 3 is 2.56 bits per heavy atom. The number of nitrogens with zero attached hydrogens (tertiary/aromatic N) is 3. The van der Waals surface area contributed by atoms with Gasteiger partial charge in [0.2, 0.25) is 5.91 Å². The minimum atomic E-state index is -2.74. The number of anilines is 1. The van der Waals surface area contributed by atoms with Gasteiger partial charge in [0, 0.05) is 47.8 Å². The Balaban J connectivity index is 1.30. The highest BCUT2D eigenvalue weighted by molar-refractivity contribution is 5.99. The lowest BCUT2D eigenvalue weighted by Gasteiger charge is -2.35. The van der Waals surface area contributed by atoms with E-state index >= 15 is 4.39 Å². The Labute approximate surface area is 234 Å². The van der Waals surface area contributed by atoms with Crippen molar-refractivity contribution in [2.24, 2.45) is 0 Å². The molecule has 0 atom stereocenters. The lowest BCUT2D eigenvalue weighted by Crippen LogP contribution is -2.50. The Kier molecular flexibility index (Phi) is 7.23. The maximum absolute atomic E-state index is 15.3. The van der Waals surface area contributed by atoms with Crippen LogP contribution in [0.1, 0.15) is 55.1 Å². The summed E-state index contributed by atoms with van der Waals surface area (Å²) in [5.41, 5.74) is 1.49. The smallest absolute Gasteiger partial charge is 0.252 e. The first-order chi connectivity index (χ1) is 19.3. The van der Waals surface area contributed by atoms with Gasteiger partial charge in [-0.1, -0.05) is 6.07 Å². The van der Waals surface area contributed by atoms with Gasteiger partial charge >= 0.3 is 0 Å². The molecule has 0 radical (unpaired) electrons. The number of hydrogen-bond acceptors (Lipinski definition) is 5. The average Bonchev–Trinajstić information content (AvgIpc) is 3.36. The molecular weight excluding hydrogens is 535 g/mol. The minimum absolute atomic E-state index is 0.183. The SMILES string of the molecule is Cc1c(Oc2ccnc3ccc(C(=O)NC4CC(F)(F)C4)cc23)ccc(CC(=O)Nc2cnn(C(C)(C)C)c2)c1F. The third-order valence-corrected chi connectivity index (χ3v) is 6.93. The molecule has 0 unspecified atom stereocenters. The van der Waals surface area contributed by atoms with Crippen molar-refractivity contribution in [3.63, 3.8) is 0 Å². The summed E-state index contributed by atoms with van der Waals surface area (Å²) in [7, 11) is 0. The molecule has 0 saturated heterocycles. The van der Waals surface area contributed by atoms with E-state index in [1.54, 1.807) is 54.3 Å². The second-order valence-corrected chi connectivity index (χ2v) is 11.3. The number of halogens is 3. The molecule has 2 N–H and O–H groups in total. The summed E-state index contributed by atoms with van der Waals surface area (Å²) in [6.45, 7) is 7.51. The first-order valence-electron chi connectivity index (χ1n) is 13.2. The van der Waals surface area contributed by atoms with Gasteiger partial charge in [0.05, 0.1) is 29.4 Å². The molecule has 0 bridgehead atoms. The van der Waals surface area contributed by atoms with Gasteiger partial charge in [-0.15, -0.1) is 0 Å². The zero-order valence-electron chi connectivity index (χ0n) is 23.1. The van der Waals surface area contributed by atoms with Crippen LogP contribution in [0.4, 0.5) is 18.9 Å². The second kappa shape index (κ2) is 10.5. The second-order valence-electron chi connectivity index (χ2n) is 11.3. The van der Waals surface area contributed by atoms with Crippen molar-refractivity contribution in [3.05, 3.63) is 77.5 Å². The number of rotatable bonds is 7. The highest BCUT2D eigenvalue weighted by atomic mass is 19.3. The predicted molar refractivity (Wildman–Crippen MR) is 148 cm³/mol. The fourth-order valence-corrected chi connectivity index (χ4v) is 4.60. The summed E-state index contributed by atoms with van der Waals surface area (Å²) in [5.74, 6) is -3.60. The predicted octanol–water partition coefficient (Wildman–Crippen LogP) is 6.13. The maximum Gasteiger partial charge on any atom is 0.252 e. The van der Waals surface area contributed by atoms with Gasteiger partial charge < -0.3 is 15.4 Å². The van der Waals surface area contributed by atoms with Gasteiger partial charge in [-0.3, -0.25) is 19.3 Å². The molecule has 41 heavy (non-hydrogen) atoms. The fraction of sp³-hybridized carbons (Fsp3) is 0.333. The van der Waals surface area contributed by atoms with Gasteiger partial charge in [0.1, 0.15) is 17.3 Å². The number of ether oxygens (including phenoxy) is 1. The number of alkyl halides is 2. The molecule has 214 valence electrons. The van der Waals surface area contributed by atoms with Crippen LogP contribution < -0.4 is 15.4 Å². The molecule has 2 aromatic carbocycles. The van der Waals surface area contributed by atoms with Crippen molar-refractivity contribution in [1.82, 2.24) is 20.1 Å². The average molecular weight is 566 g/mol. The lowest BCUT2D eigenvalue weighted by molar-refractivity contribution is -0.115. The molecule has 1 saturated carbocycles. The van der Waals surface area contributed by atoms with Crippen molar-refractivity contribution in [2.45, 2.75) is 64.5 Å². The largest absolute Gasteiger partial charge is 0.456 e. The molecule has 11 heteroatoms. The molecule has 2 aromatic heterocycles. The van der Waals surface area contributed by atoms with E-state index in [0.717, 1.165) is 0 Å². The molecule has 4 aromatic rings. The molecular formula is C30H30F3N5O3. The summed E-state index contributed by atoms with van der Waals surface area (Å²) in [5, 5.41) is 10.1. The van der Waals surface area contributed by atoms with E-state index in [9.17, 15) is 18.4 Å². The van der Waals surface area contributed by atoms with Crippen molar-refractivity contribution >= 4 is 28.4 Å². The Morgan fingerprint density at radius 2 is 1.88 bits per heavy atom. The van der Waals surface area contributed by atoms with Crippen molar-refractivity contribution in [1.29, 1.82) is 0 Å². The maximum atomic E-state index is 15.3. The van der Waals surface area contributed by atoms with E-state index in [1.165, 1.54) is 12.3 Å². The number of carbonyl (C=O) groups excluding carboxylic acids is 2. The molecule has 0 aliphatic heterocycles. The first-order valence-corrected chi connectivity index (χ1v) is 13.2. The molecule has 8 nitrogen and oxygen atoms in total. The molecule has 2 heterocycles. The third kappa shape index (κ3) is 6.18. The Hall–Kier alpha value is -4.41. The third-order valence-electron chi connectivity index (χ3n) is 6.93. The van der Waals surface area contributed by atoms with Gasteiger partial charge in [-0.05, 0) is 63.6 Å². The fourth-order valence-electron chi connectivity index (χ4n) is 4.60. The van der Waals surface area contributed by atoms with Gasteiger partial charge in [-0.2, -0.15) is 5.10 Å². The number of hydrogen-bond donors (Lipinski definition) is 2. The van der Waals surface area contributed by atoms with E-state index in [-0.39, 0.29) is 53.1 Å². The van der Waals surface area contributed by atoms with Crippen LogP contribution in [-0.4, -0.2) is 38.5 Å². The first kappa shape index (κ1) is 28.1. The number of aromatic nitrogens is 3. The molecule has 2 amide bonds. The summed E-state index contributed by atoms with van der Waals surface area (Å²) >= 11 is 0.